The first-order valence-corrected chi connectivity index (χ1v) is 13.1. The second-order valence-electron chi connectivity index (χ2n) is 8.78. The van der Waals surface area contributed by atoms with Crippen LogP contribution in [0, 0.1) is 20.8 Å². The Hall–Kier alpha value is -3.47. The van der Waals surface area contributed by atoms with Crippen molar-refractivity contribution in [3.8, 4) is 22.3 Å². The molecular formula is C33H29P. The summed E-state index contributed by atoms with van der Waals surface area (Å²) in [6.45, 7) is 6.79. The van der Waals surface area contributed by atoms with E-state index in [9.17, 15) is 0 Å². The smallest absolute Gasteiger partial charge is 0.00724 e. The maximum atomic E-state index is 2.36. The molecule has 34 heavy (non-hydrogen) atoms. The molecule has 5 aromatic rings. The predicted molar refractivity (Wildman–Crippen MR) is 150 cm³/mol. The molecule has 166 valence electrons. The van der Waals surface area contributed by atoms with E-state index in [4.69, 9.17) is 0 Å². The summed E-state index contributed by atoms with van der Waals surface area (Å²) in [7, 11) is -0.687. The molecule has 0 radical (unpaired) electrons. The Morgan fingerprint density at radius 2 is 0.941 bits per heavy atom. The fourth-order valence-corrected chi connectivity index (χ4v) is 7.57. The number of rotatable bonds is 5. The molecule has 0 N–H and O–H groups in total. The number of hydrogen-bond donors (Lipinski definition) is 0. The van der Waals surface area contributed by atoms with Gasteiger partial charge < -0.3 is 0 Å². The molecule has 0 aromatic heterocycles. The Labute approximate surface area is 204 Å². The molecule has 0 heterocycles. The van der Waals surface area contributed by atoms with E-state index in [1.165, 1.54) is 54.9 Å². The van der Waals surface area contributed by atoms with Gasteiger partial charge in [0, 0.05) is 0 Å². The van der Waals surface area contributed by atoms with Crippen LogP contribution in [0.1, 0.15) is 16.7 Å². The predicted octanol–water partition coefficient (Wildman–Crippen LogP) is 7.70. The lowest BCUT2D eigenvalue weighted by Gasteiger charge is -2.25. The summed E-state index contributed by atoms with van der Waals surface area (Å²) >= 11 is 0. The van der Waals surface area contributed by atoms with Gasteiger partial charge in [0.25, 0.3) is 0 Å². The lowest BCUT2D eigenvalue weighted by Crippen LogP contribution is -2.22. The highest BCUT2D eigenvalue weighted by atomic mass is 31.1. The van der Waals surface area contributed by atoms with Gasteiger partial charge in [-0.15, -0.1) is 0 Å². The molecule has 0 aliphatic rings. The zero-order valence-electron chi connectivity index (χ0n) is 20.0. The number of aryl methyl sites for hydroxylation is 2. The van der Waals surface area contributed by atoms with Crippen LogP contribution in [0.15, 0.2) is 121 Å². The van der Waals surface area contributed by atoms with Gasteiger partial charge in [-0.05, 0) is 83.6 Å². The molecule has 5 aromatic carbocycles. The normalized spacial score (nSPS) is 11.1. The maximum Gasteiger partial charge on any atom is -0.00724 e. The van der Waals surface area contributed by atoms with Crippen LogP contribution in [0.4, 0.5) is 0 Å². The van der Waals surface area contributed by atoms with Crippen molar-refractivity contribution in [1.82, 2.24) is 0 Å². The summed E-state index contributed by atoms with van der Waals surface area (Å²) in [5.41, 5.74) is 9.35. The fourth-order valence-electron chi connectivity index (χ4n) is 5.11. The van der Waals surface area contributed by atoms with E-state index >= 15 is 0 Å². The van der Waals surface area contributed by atoms with Crippen LogP contribution in [0.25, 0.3) is 22.3 Å². The lowest BCUT2D eigenvalue weighted by atomic mass is 9.86. The van der Waals surface area contributed by atoms with Gasteiger partial charge in [0.2, 0.25) is 0 Å². The van der Waals surface area contributed by atoms with E-state index in [0.717, 1.165) is 0 Å². The number of benzene rings is 5. The summed E-state index contributed by atoms with van der Waals surface area (Å²) in [4.78, 5) is 0. The van der Waals surface area contributed by atoms with Crippen LogP contribution in [0.2, 0.25) is 0 Å². The second-order valence-corrected chi connectivity index (χ2v) is 11.0. The third-order valence-electron chi connectivity index (χ3n) is 6.48. The largest absolute Gasteiger partial charge is 0.0622 e. The van der Waals surface area contributed by atoms with Gasteiger partial charge >= 0.3 is 0 Å². The summed E-state index contributed by atoms with van der Waals surface area (Å²) < 4.78 is 0. The first kappa shape index (κ1) is 22.3. The summed E-state index contributed by atoms with van der Waals surface area (Å²) in [5, 5.41) is 4.16. The monoisotopic (exact) mass is 456 g/mol. The van der Waals surface area contributed by atoms with Crippen LogP contribution < -0.4 is 15.9 Å². The van der Waals surface area contributed by atoms with Crippen molar-refractivity contribution in [2.75, 3.05) is 0 Å². The zero-order chi connectivity index (χ0) is 23.5. The van der Waals surface area contributed by atoms with Crippen LogP contribution >= 0.6 is 7.92 Å². The van der Waals surface area contributed by atoms with Crippen molar-refractivity contribution in [3.63, 3.8) is 0 Å². The van der Waals surface area contributed by atoms with E-state index in [1.54, 1.807) is 0 Å². The Balaban J connectivity index is 1.77. The van der Waals surface area contributed by atoms with Gasteiger partial charge in [-0.2, -0.15) is 0 Å². The first-order chi connectivity index (χ1) is 16.6. The van der Waals surface area contributed by atoms with Crippen molar-refractivity contribution >= 4 is 23.8 Å². The lowest BCUT2D eigenvalue weighted by molar-refractivity contribution is 1.32. The van der Waals surface area contributed by atoms with Gasteiger partial charge in [0.05, 0.1) is 0 Å². The molecule has 0 bridgehead atoms. The van der Waals surface area contributed by atoms with Gasteiger partial charge in [0.1, 0.15) is 0 Å². The van der Waals surface area contributed by atoms with Crippen molar-refractivity contribution in [2.45, 2.75) is 20.8 Å². The van der Waals surface area contributed by atoms with Gasteiger partial charge in [-0.3, -0.25) is 0 Å². The highest BCUT2D eigenvalue weighted by Crippen LogP contribution is 2.41. The minimum Gasteiger partial charge on any atom is -0.0622 e. The van der Waals surface area contributed by atoms with Crippen LogP contribution in [-0.2, 0) is 0 Å². The molecule has 0 atom stereocenters. The standard InChI is InChI=1S/C33H29P/c1-24-23-25(2)33(26(3)32(24)27-15-7-4-8-16-27)30-21-13-14-22-31(30)34(28-17-9-5-10-18-28)29-19-11-6-12-20-29/h4-23H,1-3H3. The van der Waals surface area contributed by atoms with Gasteiger partial charge in [-0.25, -0.2) is 0 Å². The van der Waals surface area contributed by atoms with E-state index < -0.39 is 7.92 Å². The van der Waals surface area contributed by atoms with E-state index in [0.29, 0.717) is 0 Å². The molecule has 0 unspecified atom stereocenters. The molecule has 0 aliphatic heterocycles. The number of hydrogen-bond acceptors (Lipinski definition) is 0. The first-order valence-electron chi connectivity index (χ1n) is 11.8. The molecule has 0 saturated heterocycles. The van der Waals surface area contributed by atoms with Gasteiger partial charge in [0.15, 0.2) is 0 Å². The summed E-state index contributed by atoms with van der Waals surface area (Å²) in [6.07, 6.45) is 0. The Bertz CT molecular complexity index is 1360. The van der Waals surface area contributed by atoms with Crippen molar-refractivity contribution in [2.24, 2.45) is 0 Å². The average molecular weight is 457 g/mol. The Morgan fingerprint density at radius 1 is 0.471 bits per heavy atom. The summed E-state index contributed by atoms with van der Waals surface area (Å²) in [6, 6.07) is 44.1. The van der Waals surface area contributed by atoms with Gasteiger partial charge in [-0.1, -0.05) is 121 Å². The molecular weight excluding hydrogens is 427 g/mol. The zero-order valence-corrected chi connectivity index (χ0v) is 20.9. The molecule has 0 amide bonds. The Morgan fingerprint density at radius 3 is 1.53 bits per heavy atom. The Kier molecular flexibility index (Phi) is 6.43. The quantitative estimate of drug-likeness (QED) is 0.238. The minimum atomic E-state index is -0.687. The fraction of sp³-hybridized carbons (Fsp3) is 0.0909. The molecule has 1 heteroatoms. The molecule has 0 aliphatic carbocycles. The highest BCUT2D eigenvalue weighted by molar-refractivity contribution is 7.80. The van der Waals surface area contributed by atoms with Crippen molar-refractivity contribution in [3.05, 3.63) is 138 Å². The van der Waals surface area contributed by atoms with Crippen LogP contribution in [0.5, 0.6) is 0 Å². The van der Waals surface area contributed by atoms with Crippen molar-refractivity contribution in [1.29, 1.82) is 0 Å². The van der Waals surface area contributed by atoms with Crippen LogP contribution in [-0.4, -0.2) is 0 Å². The molecule has 0 fully saturated rings. The highest BCUT2D eigenvalue weighted by Gasteiger charge is 2.22. The molecule has 0 spiro atoms. The van der Waals surface area contributed by atoms with E-state index in [2.05, 4.69) is 142 Å². The SMILES string of the molecule is Cc1cc(C)c(-c2ccccc2P(c2ccccc2)c2ccccc2)c(C)c1-c1ccccc1. The summed E-state index contributed by atoms with van der Waals surface area (Å²) in [5.74, 6) is 0. The second kappa shape index (κ2) is 9.80. The molecule has 0 nitrogen and oxygen atoms in total. The third kappa shape index (κ3) is 4.23. The maximum absolute atomic E-state index is 2.36. The third-order valence-corrected chi connectivity index (χ3v) is 8.98. The molecule has 0 saturated carbocycles. The van der Waals surface area contributed by atoms with E-state index in [-0.39, 0.29) is 0 Å². The minimum absolute atomic E-state index is 0.687. The van der Waals surface area contributed by atoms with E-state index in [1.807, 2.05) is 0 Å². The topological polar surface area (TPSA) is 0 Å². The average Bonchev–Trinajstić information content (AvgIpc) is 2.87. The van der Waals surface area contributed by atoms with Crippen LogP contribution in [0.3, 0.4) is 0 Å². The van der Waals surface area contributed by atoms with Crippen molar-refractivity contribution < 1.29 is 0 Å². The molecule has 5 rings (SSSR count).